The number of Topliss-reactive ketones (excluding diaryl/α,β-unsaturated/α-hetero) is 3. The SMILES string of the molecule is CCNC(=O)Nc1nc2cc(C)cc(C#N)c2s1.CCNC(=O)Nc1nc2cc(C)cc(C(=O)CC)c2s1.CCNC(=O)Nc1nc2cc(C)cc(C(=O)CC)c2s1.CCNC(=O)Nc1nc2cc(O)cc(C(=O)CC)c2s1. The minimum absolute atomic E-state index is 0.0100. The summed E-state index contributed by atoms with van der Waals surface area (Å²) in [6.07, 6.45) is 1.25. The van der Waals surface area contributed by atoms with E-state index in [0.717, 1.165) is 47.3 Å². The van der Waals surface area contributed by atoms with Crippen molar-refractivity contribution in [1.82, 2.24) is 41.2 Å². The molecule has 4 heterocycles. The molecule has 21 nitrogen and oxygen atoms in total. The van der Waals surface area contributed by atoms with Crippen molar-refractivity contribution in [3.05, 3.63) is 87.5 Å². The minimum atomic E-state index is -0.348. The average Bonchev–Trinajstić information content (AvgIpc) is 4.20. The number of carbonyl (C=O) groups excluding carboxylic acids is 7. The van der Waals surface area contributed by atoms with Gasteiger partial charge in [0, 0.05) is 68.2 Å². The first-order chi connectivity index (χ1) is 37.3. The molecule has 25 heteroatoms. The van der Waals surface area contributed by atoms with Crippen LogP contribution in [0.3, 0.4) is 0 Å². The second-order valence-corrected chi connectivity index (χ2v) is 20.8. The highest BCUT2D eigenvalue weighted by molar-refractivity contribution is 7.23. The molecule has 410 valence electrons. The molecule has 0 spiro atoms. The molecule has 0 saturated heterocycles. The number of thiazole rings is 4. The van der Waals surface area contributed by atoms with Crippen molar-refractivity contribution in [1.29, 1.82) is 5.26 Å². The monoisotopic (exact) mass is 1140 g/mol. The van der Waals surface area contributed by atoms with Crippen LogP contribution >= 0.6 is 45.3 Å². The fourth-order valence-corrected chi connectivity index (χ4v) is 11.1. The van der Waals surface area contributed by atoms with E-state index in [2.05, 4.69) is 68.5 Å². The predicted octanol–water partition coefficient (Wildman–Crippen LogP) is 12.0. The number of phenolic OH excluding ortho intramolecular Hbond substituents is 1. The number of nitrogens with one attached hydrogen (secondary N) is 8. The number of rotatable bonds is 14. The van der Waals surface area contributed by atoms with Crippen LogP contribution in [0.25, 0.3) is 40.9 Å². The van der Waals surface area contributed by atoms with E-state index in [9.17, 15) is 38.7 Å². The van der Waals surface area contributed by atoms with Gasteiger partial charge in [0.15, 0.2) is 37.9 Å². The van der Waals surface area contributed by atoms with Gasteiger partial charge in [-0.2, -0.15) is 5.26 Å². The predicted molar refractivity (Wildman–Crippen MR) is 314 cm³/mol. The summed E-state index contributed by atoms with van der Waals surface area (Å²) in [5.41, 5.74) is 8.09. The van der Waals surface area contributed by atoms with E-state index >= 15 is 0 Å². The van der Waals surface area contributed by atoms with Gasteiger partial charge in [0.25, 0.3) is 0 Å². The van der Waals surface area contributed by atoms with E-state index in [1.165, 1.54) is 57.5 Å². The molecule has 0 aliphatic heterocycles. The number of hydrogen-bond donors (Lipinski definition) is 9. The molecule has 0 unspecified atom stereocenters. The van der Waals surface area contributed by atoms with Crippen LogP contribution in [0, 0.1) is 32.1 Å². The van der Waals surface area contributed by atoms with Crippen molar-refractivity contribution in [3.8, 4) is 11.8 Å². The summed E-state index contributed by atoms with van der Waals surface area (Å²) in [5, 5.41) is 41.7. The Morgan fingerprint density at radius 2 is 0.718 bits per heavy atom. The summed E-state index contributed by atoms with van der Waals surface area (Å²) in [4.78, 5) is 99.0. The van der Waals surface area contributed by atoms with Crippen LogP contribution in [0.1, 0.15) is 121 Å². The molecule has 0 aliphatic carbocycles. The van der Waals surface area contributed by atoms with Gasteiger partial charge in [-0.1, -0.05) is 66.1 Å². The summed E-state index contributed by atoms with van der Waals surface area (Å²) < 4.78 is 3.12. The molecule has 4 aromatic carbocycles. The van der Waals surface area contributed by atoms with Gasteiger partial charge in [-0.05, 0) is 108 Å². The Hall–Kier alpha value is -8.18. The maximum atomic E-state index is 12.0. The van der Waals surface area contributed by atoms with Crippen LogP contribution in [-0.2, 0) is 0 Å². The van der Waals surface area contributed by atoms with Crippen LogP contribution in [0.15, 0.2) is 48.5 Å². The van der Waals surface area contributed by atoms with Crippen molar-refractivity contribution in [2.24, 2.45) is 0 Å². The molecule has 8 amide bonds. The molecule has 0 atom stereocenters. The number of phenols is 1. The van der Waals surface area contributed by atoms with Gasteiger partial charge in [-0.25, -0.2) is 39.1 Å². The molecular formula is C53H61N13O8S4. The molecule has 9 N–H and O–H groups in total. The molecule has 8 aromatic rings. The Bertz CT molecular complexity index is 3280. The Balaban J connectivity index is 0.000000192. The first kappa shape index (κ1) is 60.7. The lowest BCUT2D eigenvalue weighted by Gasteiger charge is -2.01. The van der Waals surface area contributed by atoms with Crippen LogP contribution < -0.4 is 42.5 Å². The number of hydrogen-bond acceptors (Lipinski definition) is 17. The van der Waals surface area contributed by atoms with E-state index < -0.39 is 0 Å². The zero-order valence-electron chi connectivity index (χ0n) is 44.7. The zero-order valence-corrected chi connectivity index (χ0v) is 48.0. The highest BCUT2D eigenvalue weighted by atomic mass is 32.1. The minimum Gasteiger partial charge on any atom is -0.508 e. The number of nitrogens with zero attached hydrogens (tertiary/aromatic N) is 5. The van der Waals surface area contributed by atoms with Gasteiger partial charge in [-0.3, -0.25) is 35.7 Å². The number of fused-ring (bicyclic) bond motifs is 4. The molecule has 8 rings (SSSR count). The van der Waals surface area contributed by atoms with Crippen LogP contribution in [0.5, 0.6) is 5.75 Å². The molecule has 0 aliphatic rings. The number of aromatic nitrogens is 4. The lowest BCUT2D eigenvalue weighted by molar-refractivity contribution is 0.0982. The average molecular weight is 1140 g/mol. The lowest BCUT2D eigenvalue weighted by Crippen LogP contribution is -2.28. The number of amides is 8. The Labute approximate surface area is 466 Å². The third-order valence-corrected chi connectivity index (χ3v) is 14.7. The Kier molecular flexibility index (Phi) is 22.4. The van der Waals surface area contributed by atoms with Gasteiger partial charge in [0.2, 0.25) is 0 Å². The largest absolute Gasteiger partial charge is 0.508 e. The number of urea groups is 4. The van der Waals surface area contributed by atoms with Crippen molar-refractivity contribution in [2.75, 3.05) is 47.4 Å². The van der Waals surface area contributed by atoms with E-state index in [4.69, 9.17) is 5.26 Å². The normalized spacial score (nSPS) is 10.4. The van der Waals surface area contributed by atoms with Crippen molar-refractivity contribution in [2.45, 2.75) is 88.5 Å². The molecule has 0 fully saturated rings. The van der Waals surface area contributed by atoms with E-state index in [0.29, 0.717) is 98.4 Å². The van der Waals surface area contributed by atoms with Crippen molar-refractivity contribution in [3.63, 3.8) is 0 Å². The number of anilines is 4. The second-order valence-electron chi connectivity index (χ2n) is 16.8. The topological polar surface area (TPSA) is 311 Å². The molecule has 0 saturated carbocycles. The number of aromatic hydroxyl groups is 1. The fraction of sp³-hybridized carbons (Fsp3) is 0.321. The number of aryl methyl sites for hydroxylation is 3. The fourth-order valence-electron chi connectivity index (χ4n) is 7.23. The maximum Gasteiger partial charge on any atom is 0.321 e. The van der Waals surface area contributed by atoms with Crippen LogP contribution in [0.4, 0.5) is 39.7 Å². The number of benzene rings is 4. The molecule has 0 radical (unpaired) electrons. The van der Waals surface area contributed by atoms with Crippen molar-refractivity contribution >= 4 is 148 Å². The summed E-state index contributed by atoms with van der Waals surface area (Å²) in [6.45, 7) is 20.7. The second kappa shape index (κ2) is 28.8. The molecule has 78 heavy (non-hydrogen) atoms. The van der Waals surface area contributed by atoms with Gasteiger partial charge < -0.3 is 26.4 Å². The standard InChI is InChI=1S/2C14H17N3O2S.C13H15N3O3S.C12H12N4OS/c2*1-4-11(18)9-6-8(3)7-10-12(9)20-14(16-10)17-13(19)15-5-2;1-3-10(18)8-5-7(17)6-9-11(8)20-13(15-9)16-12(19)14-4-2;1-3-14-11(17)16-12-15-9-5-7(2)4-8(6-13)10(9)18-12/h2*6-7H,4-5H2,1-3H3,(H2,15,16,17,19);5-6,17H,3-4H2,1-2H3,(H2,14,15,16,19);4-5H,3H2,1-2H3,(H2,14,15,16,17). The first-order valence-corrected chi connectivity index (χ1v) is 28.1. The number of ketones is 3. The van der Waals surface area contributed by atoms with Gasteiger partial charge >= 0.3 is 24.1 Å². The highest BCUT2D eigenvalue weighted by Crippen LogP contribution is 2.35. The summed E-state index contributed by atoms with van der Waals surface area (Å²) in [7, 11) is 0. The smallest absolute Gasteiger partial charge is 0.321 e. The number of nitriles is 1. The van der Waals surface area contributed by atoms with Crippen LogP contribution in [-0.4, -0.2) is 92.7 Å². The zero-order chi connectivity index (χ0) is 57.2. The quantitative estimate of drug-likeness (QED) is 0.0458. The summed E-state index contributed by atoms with van der Waals surface area (Å²) in [5.74, 6) is 0.0992. The van der Waals surface area contributed by atoms with Crippen molar-refractivity contribution < 1.29 is 38.7 Å². The summed E-state index contributed by atoms with van der Waals surface area (Å²) >= 11 is 5.17. The molecule has 4 aromatic heterocycles. The maximum absolute atomic E-state index is 12.0. The van der Waals surface area contributed by atoms with E-state index in [1.54, 1.807) is 6.92 Å². The lowest BCUT2D eigenvalue weighted by atomic mass is 10.1. The van der Waals surface area contributed by atoms with E-state index in [1.807, 2.05) is 98.7 Å². The van der Waals surface area contributed by atoms with Gasteiger partial charge in [0.1, 0.15) is 11.8 Å². The highest BCUT2D eigenvalue weighted by Gasteiger charge is 2.19. The molecular weight excluding hydrogens is 1070 g/mol. The van der Waals surface area contributed by atoms with Crippen LogP contribution in [0.2, 0.25) is 0 Å². The third kappa shape index (κ3) is 16.4. The Morgan fingerprint density at radius 1 is 0.436 bits per heavy atom. The number of carbonyl (C=O) groups is 7. The van der Waals surface area contributed by atoms with Gasteiger partial charge in [-0.15, -0.1) is 0 Å². The Morgan fingerprint density at radius 3 is 1.03 bits per heavy atom. The third-order valence-electron chi connectivity index (χ3n) is 10.6. The first-order valence-electron chi connectivity index (χ1n) is 24.8. The summed E-state index contributed by atoms with van der Waals surface area (Å²) in [6, 6.07) is 15.2. The molecule has 0 bridgehead atoms. The van der Waals surface area contributed by atoms with Gasteiger partial charge in [0.05, 0.1) is 46.4 Å². The van der Waals surface area contributed by atoms with E-state index in [-0.39, 0.29) is 47.2 Å².